The molecule has 224 valence electrons. The Morgan fingerprint density at radius 2 is 1.70 bits per heavy atom. The molecule has 2 N–H and O–H groups in total. The zero-order valence-electron chi connectivity index (χ0n) is 25.5. The fourth-order valence-electron chi connectivity index (χ4n) is 6.62. The van der Waals surface area contributed by atoms with E-state index in [1.165, 1.54) is 11.1 Å². The Labute approximate surface area is 258 Å². The number of rotatable bonds is 7. The molecule has 2 atom stereocenters. The summed E-state index contributed by atoms with van der Waals surface area (Å²) in [4.78, 5) is 29.7. The maximum Gasteiger partial charge on any atom is 0.324 e. The second kappa shape index (κ2) is 12.0. The summed E-state index contributed by atoms with van der Waals surface area (Å²) in [5.41, 5.74) is 4.77. The summed E-state index contributed by atoms with van der Waals surface area (Å²) < 4.78 is 1.79. The Morgan fingerprint density at radius 3 is 2.37 bits per heavy atom. The van der Waals surface area contributed by atoms with Crippen LogP contribution in [0.2, 0.25) is 0 Å². The zero-order valence-corrected chi connectivity index (χ0v) is 26.3. The number of urea groups is 1. The quantitative estimate of drug-likeness (QED) is 0.229. The second-order valence-electron chi connectivity index (χ2n) is 13.2. The van der Waals surface area contributed by atoms with Crippen molar-refractivity contribution in [1.82, 2.24) is 14.7 Å². The maximum atomic E-state index is 13.2. The van der Waals surface area contributed by atoms with Crippen LogP contribution < -0.4 is 10.6 Å². The predicted molar refractivity (Wildman–Crippen MR) is 174 cm³/mol. The number of carbonyl (C=O) groups excluding carboxylic acids is 2. The van der Waals surface area contributed by atoms with Gasteiger partial charge in [-0.05, 0) is 86.2 Å². The summed E-state index contributed by atoms with van der Waals surface area (Å²) in [5, 5.41) is 12.9. The molecule has 2 fully saturated rings. The van der Waals surface area contributed by atoms with E-state index in [4.69, 9.17) is 5.10 Å². The summed E-state index contributed by atoms with van der Waals surface area (Å²) in [5.74, 6) is 1.44. The number of carbonyl (C=O) groups is 2. The van der Waals surface area contributed by atoms with Crippen LogP contribution in [0, 0.1) is 12.8 Å². The van der Waals surface area contributed by atoms with Gasteiger partial charge in [0.1, 0.15) is 5.82 Å². The topological polar surface area (TPSA) is 79.3 Å². The van der Waals surface area contributed by atoms with Crippen LogP contribution in [0.1, 0.15) is 68.2 Å². The van der Waals surface area contributed by atoms with Crippen molar-refractivity contribution >= 4 is 34.8 Å². The number of nitrogens with one attached hydrogen (secondary N) is 2. The van der Waals surface area contributed by atoms with E-state index in [0.29, 0.717) is 30.2 Å². The maximum absolute atomic E-state index is 13.2. The van der Waals surface area contributed by atoms with E-state index in [9.17, 15) is 9.59 Å². The first-order valence-electron chi connectivity index (χ1n) is 15.3. The van der Waals surface area contributed by atoms with E-state index < -0.39 is 0 Å². The number of aromatic nitrogens is 2. The van der Waals surface area contributed by atoms with Crippen LogP contribution in [-0.2, 0) is 23.1 Å². The van der Waals surface area contributed by atoms with Gasteiger partial charge in [0, 0.05) is 34.1 Å². The lowest BCUT2D eigenvalue weighted by molar-refractivity contribution is -0.135. The third-order valence-corrected chi connectivity index (χ3v) is 9.61. The summed E-state index contributed by atoms with van der Waals surface area (Å²) >= 11 is 1.66. The van der Waals surface area contributed by atoms with Crippen molar-refractivity contribution in [2.75, 3.05) is 10.6 Å². The standard InChI is InChI=1S/C35H41N5O2S/c1-23-10-12-27(13-11-23)40-32(22-31(38-40)35(2,3)4)37-34(42)36-26-8-5-7-24(18-26)17-25-19-28-14-15-29(20-25)39(28)33(41)21-30-9-6-16-43-30/h5-13,16,18,22,25,28-29H,14-15,17,19-21H2,1-4H3,(H2,36,37,42). The van der Waals surface area contributed by atoms with E-state index in [0.717, 1.165) is 54.0 Å². The van der Waals surface area contributed by atoms with Gasteiger partial charge < -0.3 is 10.2 Å². The molecule has 0 radical (unpaired) electrons. The average Bonchev–Trinajstić information content (AvgIpc) is 3.68. The van der Waals surface area contributed by atoms with Crippen LogP contribution >= 0.6 is 11.3 Å². The number of nitrogens with zero attached hydrogens (tertiary/aromatic N) is 3. The van der Waals surface area contributed by atoms with Gasteiger partial charge in [-0.2, -0.15) is 5.10 Å². The third-order valence-electron chi connectivity index (χ3n) is 8.73. The van der Waals surface area contributed by atoms with Gasteiger partial charge in [0.2, 0.25) is 5.91 Å². The van der Waals surface area contributed by atoms with Gasteiger partial charge in [-0.3, -0.25) is 10.1 Å². The average molecular weight is 596 g/mol. The number of hydrogen-bond acceptors (Lipinski definition) is 4. The molecule has 0 saturated carbocycles. The molecule has 2 aliphatic heterocycles. The molecule has 0 spiro atoms. The SMILES string of the molecule is Cc1ccc(-n2nc(C(C)(C)C)cc2NC(=O)Nc2cccc(CC3CC4CCC(C3)N4C(=O)Cc3cccs3)c2)cc1. The second-order valence-corrected chi connectivity index (χ2v) is 14.2. The molecule has 2 bridgehead atoms. The molecule has 2 unspecified atom stereocenters. The predicted octanol–water partition coefficient (Wildman–Crippen LogP) is 7.74. The van der Waals surface area contributed by atoms with Crippen molar-refractivity contribution in [3.8, 4) is 5.69 Å². The van der Waals surface area contributed by atoms with Crippen LogP contribution in [0.4, 0.5) is 16.3 Å². The van der Waals surface area contributed by atoms with Crippen LogP contribution in [0.25, 0.3) is 5.69 Å². The largest absolute Gasteiger partial charge is 0.336 e. The first kappa shape index (κ1) is 29.2. The molecule has 7 nitrogen and oxygen atoms in total. The van der Waals surface area contributed by atoms with Crippen molar-refractivity contribution in [2.24, 2.45) is 5.92 Å². The molecule has 2 aliphatic rings. The number of amides is 3. The number of fused-ring (bicyclic) bond motifs is 2. The van der Waals surface area contributed by atoms with Gasteiger partial charge >= 0.3 is 6.03 Å². The molecule has 0 aliphatic carbocycles. The number of aryl methyl sites for hydroxylation is 1. The molecule has 2 saturated heterocycles. The van der Waals surface area contributed by atoms with E-state index in [2.05, 4.69) is 61.4 Å². The highest BCUT2D eigenvalue weighted by Gasteiger charge is 2.42. The van der Waals surface area contributed by atoms with Gasteiger partial charge in [-0.25, -0.2) is 9.48 Å². The van der Waals surface area contributed by atoms with Gasteiger partial charge in [0.15, 0.2) is 0 Å². The van der Waals surface area contributed by atoms with Gasteiger partial charge in [-0.15, -0.1) is 11.3 Å². The number of benzene rings is 2. The lowest BCUT2D eigenvalue weighted by atomic mass is 9.85. The molecule has 8 heteroatoms. The molecule has 43 heavy (non-hydrogen) atoms. The monoisotopic (exact) mass is 595 g/mol. The lowest BCUT2D eigenvalue weighted by Gasteiger charge is -2.39. The Bertz CT molecular complexity index is 1570. The van der Waals surface area contributed by atoms with Gasteiger partial charge in [0.25, 0.3) is 0 Å². The van der Waals surface area contributed by atoms with Gasteiger partial charge in [-0.1, -0.05) is 56.7 Å². The van der Waals surface area contributed by atoms with E-state index >= 15 is 0 Å². The molecule has 2 aromatic carbocycles. The highest BCUT2D eigenvalue weighted by Crippen LogP contribution is 2.40. The van der Waals surface area contributed by atoms with Crippen molar-refractivity contribution in [3.63, 3.8) is 0 Å². The molecule has 4 heterocycles. The van der Waals surface area contributed by atoms with Crippen molar-refractivity contribution in [2.45, 2.75) is 83.7 Å². The highest BCUT2D eigenvalue weighted by molar-refractivity contribution is 7.10. The van der Waals surface area contributed by atoms with Crippen LogP contribution in [-0.4, -0.2) is 38.7 Å². The van der Waals surface area contributed by atoms with Crippen LogP contribution in [0.3, 0.4) is 0 Å². The van der Waals surface area contributed by atoms with E-state index in [-0.39, 0.29) is 17.4 Å². The van der Waals surface area contributed by atoms with Crippen LogP contribution in [0.15, 0.2) is 72.1 Å². The Kier molecular flexibility index (Phi) is 8.14. The minimum absolute atomic E-state index is 0.163. The third kappa shape index (κ3) is 6.69. The smallest absolute Gasteiger partial charge is 0.324 e. The number of hydrogen-bond donors (Lipinski definition) is 2. The molecule has 3 amide bonds. The van der Waals surface area contributed by atoms with Crippen molar-refractivity contribution < 1.29 is 9.59 Å². The Morgan fingerprint density at radius 1 is 0.953 bits per heavy atom. The fraction of sp³-hybridized carbons (Fsp3) is 0.400. The summed E-state index contributed by atoms with van der Waals surface area (Å²) in [6.45, 7) is 8.39. The molecule has 6 rings (SSSR count). The number of piperidine rings is 1. The lowest BCUT2D eigenvalue weighted by Crippen LogP contribution is -2.47. The minimum atomic E-state index is -0.304. The first-order valence-corrected chi connectivity index (χ1v) is 16.2. The van der Waals surface area contributed by atoms with Crippen LogP contribution in [0.5, 0.6) is 0 Å². The zero-order chi connectivity index (χ0) is 30.1. The molecular formula is C35H41N5O2S. The number of thiophene rings is 1. The highest BCUT2D eigenvalue weighted by atomic mass is 32.1. The Balaban J connectivity index is 1.09. The summed E-state index contributed by atoms with van der Waals surface area (Å²) in [6, 6.07) is 22.7. The molecule has 2 aromatic heterocycles. The molecule has 4 aromatic rings. The molecular weight excluding hydrogens is 554 g/mol. The first-order chi connectivity index (χ1) is 20.6. The number of anilines is 2. The van der Waals surface area contributed by atoms with Gasteiger partial charge in [0.05, 0.1) is 17.8 Å². The fourth-order valence-corrected chi connectivity index (χ4v) is 7.32. The summed E-state index contributed by atoms with van der Waals surface area (Å²) in [7, 11) is 0. The summed E-state index contributed by atoms with van der Waals surface area (Å²) in [6.07, 6.45) is 5.78. The minimum Gasteiger partial charge on any atom is -0.336 e. The normalized spacial score (nSPS) is 19.8. The van der Waals surface area contributed by atoms with E-state index in [1.54, 1.807) is 16.0 Å². The van der Waals surface area contributed by atoms with Crippen molar-refractivity contribution in [3.05, 3.63) is 93.8 Å². The Hall–Kier alpha value is -3.91. The van der Waals surface area contributed by atoms with E-state index in [1.807, 2.05) is 53.9 Å². The van der Waals surface area contributed by atoms with Crippen molar-refractivity contribution in [1.29, 1.82) is 0 Å².